The molecule has 0 aromatic heterocycles. The molecule has 0 bridgehead atoms. The molecule has 0 aliphatic carbocycles. The van der Waals surface area contributed by atoms with E-state index in [0.29, 0.717) is 0 Å². The molecule has 1 aromatic carbocycles. The maximum absolute atomic E-state index is 10.6. The molecule has 11 heteroatoms. The summed E-state index contributed by atoms with van der Waals surface area (Å²) in [6.45, 7) is 0. The molecule has 0 fully saturated rings. The first kappa shape index (κ1) is 36.9. The summed E-state index contributed by atoms with van der Waals surface area (Å²) in [6.07, 6.45) is 0. The van der Waals surface area contributed by atoms with Crippen LogP contribution in [-0.2, 0) is 42.1 Å². The Kier molecular flexibility index (Phi) is 28.6. The molecule has 0 aliphatic rings. The number of rotatable bonds is 3. The van der Waals surface area contributed by atoms with Gasteiger partial charge in [0.25, 0.3) is 0 Å². The van der Waals surface area contributed by atoms with Crippen molar-refractivity contribution in [3.05, 3.63) is 57.0 Å². The number of carboxylic acid groups (broad SMARTS) is 1. The van der Waals surface area contributed by atoms with Crippen molar-refractivity contribution in [1.29, 1.82) is 0 Å². The summed E-state index contributed by atoms with van der Waals surface area (Å²) in [5.41, 5.74) is -0.256. The molecule has 1 aromatic rings. The molecule has 0 radical (unpaired) electrons. The molecule has 0 saturated heterocycles. The zero-order valence-corrected chi connectivity index (χ0v) is 16.1. The molecular formula is C9H18N2O6PPt2+. The fourth-order valence-electron chi connectivity index (χ4n) is 0.855. The number of nitrogens with two attached hydrogens (primary N) is 2. The van der Waals surface area contributed by atoms with E-state index in [4.69, 9.17) is 19.8 Å². The number of carboxylic acids is 1. The summed E-state index contributed by atoms with van der Waals surface area (Å²) >= 11 is 0. The van der Waals surface area contributed by atoms with Crippen molar-refractivity contribution in [2.75, 3.05) is 0 Å². The Morgan fingerprint density at radius 3 is 1.75 bits per heavy atom. The molecule has 20 heavy (non-hydrogen) atoms. The number of benzene rings is 1. The minimum atomic E-state index is -4.47. The van der Waals surface area contributed by atoms with Crippen LogP contribution in [0.3, 0.4) is 0 Å². The minimum Gasteiger partial charge on any atom is -0.693 e. The van der Waals surface area contributed by atoms with Gasteiger partial charge in [0.1, 0.15) is 5.56 Å². The average molecular weight is 671 g/mol. The number of hydrogen-bond acceptors (Lipinski definition) is 5. The molecule has 0 saturated carbocycles. The van der Waals surface area contributed by atoms with E-state index in [1.165, 1.54) is 24.3 Å². The molecule has 124 valence electrons. The van der Waals surface area contributed by atoms with E-state index in [9.17, 15) is 4.79 Å². The predicted molar refractivity (Wildman–Crippen MR) is 71.0 cm³/mol. The third-order valence-electron chi connectivity index (χ3n) is 1.34. The van der Waals surface area contributed by atoms with Gasteiger partial charge in [0.05, 0.1) is 0 Å². The molecule has 0 aliphatic heterocycles. The summed E-state index contributed by atoms with van der Waals surface area (Å²) in [6, 6.07) is 5.31. The Labute approximate surface area is 147 Å². The fraction of sp³-hybridized carbons (Fsp3) is 0. The monoisotopic (exact) mass is 671 g/mol. The van der Waals surface area contributed by atoms with Crippen LogP contribution in [0.4, 0.5) is 0 Å². The van der Waals surface area contributed by atoms with Gasteiger partial charge >= 0.3 is 56.3 Å². The third kappa shape index (κ3) is 13.1. The van der Waals surface area contributed by atoms with Crippen LogP contribution in [-0.4, -0.2) is 25.8 Å². The van der Waals surface area contributed by atoms with E-state index in [1.54, 1.807) is 0 Å². The molecule has 0 spiro atoms. The van der Waals surface area contributed by atoms with Crippen molar-refractivity contribution >= 4 is 14.1 Å². The predicted octanol–water partition coefficient (Wildman–Crippen LogP) is 2.75. The first-order valence-corrected chi connectivity index (χ1v) is 5.06. The summed E-state index contributed by atoms with van der Waals surface area (Å²) in [5.74, 6) is -1.57. The van der Waals surface area contributed by atoms with Gasteiger partial charge in [0, 0.05) is 0 Å². The van der Waals surface area contributed by atoms with Crippen molar-refractivity contribution < 1.29 is 71.2 Å². The molecular weight excluding hydrogens is 653 g/mol. The molecule has 0 atom stereocenters. The second-order valence-electron chi connectivity index (χ2n) is 2.41. The molecule has 0 amide bonds. The van der Waals surface area contributed by atoms with Gasteiger partial charge in [0.15, 0.2) is 5.75 Å². The molecule has 1 rings (SSSR count). The van der Waals surface area contributed by atoms with Gasteiger partial charge in [-0.2, -0.15) is 14.7 Å². The average Bonchev–Trinajstić information content (AvgIpc) is 2.01. The zero-order valence-electron chi connectivity index (χ0n) is 10.6. The topological polar surface area (TPSA) is 174 Å². The van der Waals surface area contributed by atoms with E-state index >= 15 is 0 Å². The van der Waals surface area contributed by atoms with Crippen molar-refractivity contribution in [2.45, 2.75) is 0 Å². The van der Waals surface area contributed by atoms with E-state index in [2.05, 4.69) is 4.52 Å². The van der Waals surface area contributed by atoms with Gasteiger partial charge in [0.2, 0.25) is 0 Å². The summed E-state index contributed by atoms with van der Waals surface area (Å²) in [7, 11) is -4.47. The maximum Gasteiger partial charge on any atom is 2.00 e. The molecule has 0 unspecified atom stereocenters. The van der Waals surface area contributed by atoms with Gasteiger partial charge in [-0.3, -0.25) is 4.52 Å². The van der Waals surface area contributed by atoms with Crippen LogP contribution < -0.4 is 4.52 Å². The van der Waals surface area contributed by atoms with Gasteiger partial charge < -0.3 is 32.3 Å². The van der Waals surface area contributed by atoms with E-state index in [-0.39, 0.29) is 80.6 Å². The molecule has 8 N–H and O–H groups in total. The van der Waals surface area contributed by atoms with Crippen LogP contribution >= 0.6 is 8.17 Å². The van der Waals surface area contributed by atoms with Gasteiger partial charge in [-0.15, -0.1) is 0 Å². The Balaban J connectivity index is -0.0000000817. The Hall–Kier alpha value is 0.0966. The largest absolute Gasteiger partial charge is 2.00 e. The minimum absolute atomic E-state index is 0. The van der Waals surface area contributed by atoms with Gasteiger partial charge in [-0.25, -0.2) is 4.79 Å². The summed E-state index contributed by atoms with van der Waals surface area (Å²) in [4.78, 5) is 36.3. The molecule has 0 heterocycles. The Morgan fingerprint density at radius 1 is 1.00 bits per heavy atom. The summed E-state index contributed by atoms with van der Waals surface area (Å²) in [5, 5.41) is 8.65. The smallest absolute Gasteiger partial charge is 0.693 e. The Morgan fingerprint density at radius 2 is 1.40 bits per heavy atom. The Bertz CT molecular complexity index is 365. The third-order valence-corrected chi connectivity index (χ3v) is 1.78. The maximum atomic E-state index is 10.6. The molecule has 8 nitrogen and oxygen atoms in total. The number of carbonyl (C=O) groups is 1. The number of aromatic carboxylic acids is 1. The SMILES string of the molecule is O=C(O)c1ccccc1O[P+](O)(O)O.[CH3-].[CH3-].[NH2-].[NH2-].[Pt+2].[Pt+2]. The fourth-order valence-corrected chi connectivity index (χ4v) is 1.28. The standard InChI is InChI=1S/C7H7O6P.2CH3.2H2N.2Pt/c8-7(9)5-3-1-2-4-6(5)13-14(10,11)12;;;;;;/h1-4,10-12H;2*1H3;2*1H2;;/q;4*-1;2*+2/p+1. The van der Waals surface area contributed by atoms with Crippen LogP contribution in [0.2, 0.25) is 0 Å². The van der Waals surface area contributed by atoms with E-state index in [1.807, 2.05) is 0 Å². The quantitative estimate of drug-likeness (QED) is 0.284. The van der Waals surface area contributed by atoms with Crippen molar-refractivity contribution in [2.24, 2.45) is 0 Å². The van der Waals surface area contributed by atoms with Gasteiger partial charge in [-0.1, -0.05) is 12.1 Å². The van der Waals surface area contributed by atoms with Crippen LogP contribution in [0.1, 0.15) is 10.4 Å². The van der Waals surface area contributed by atoms with Crippen LogP contribution in [0.5, 0.6) is 5.75 Å². The second-order valence-corrected chi connectivity index (χ2v) is 3.62. The van der Waals surface area contributed by atoms with Crippen LogP contribution in [0.15, 0.2) is 24.3 Å². The van der Waals surface area contributed by atoms with Crippen molar-refractivity contribution in [1.82, 2.24) is 0 Å². The van der Waals surface area contributed by atoms with Crippen LogP contribution in [0, 0.1) is 14.9 Å². The van der Waals surface area contributed by atoms with E-state index in [0.717, 1.165) is 0 Å². The zero-order chi connectivity index (χ0) is 10.8. The first-order valence-electron chi connectivity index (χ1n) is 3.49. The summed E-state index contributed by atoms with van der Waals surface area (Å²) < 4.78 is 4.29. The van der Waals surface area contributed by atoms with Crippen LogP contribution in [0.25, 0.3) is 12.3 Å². The normalized spacial score (nSPS) is 7.75. The van der Waals surface area contributed by atoms with Gasteiger partial charge in [-0.05, 0) is 12.1 Å². The first-order chi connectivity index (χ1) is 6.40. The second kappa shape index (κ2) is 15.5. The van der Waals surface area contributed by atoms with E-state index < -0.39 is 14.1 Å². The number of para-hydroxylation sites is 1. The van der Waals surface area contributed by atoms with Crippen molar-refractivity contribution in [3.63, 3.8) is 0 Å². The van der Waals surface area contributed by atoms with Crippen molar-refractivity contribution in [3.8, 4) is 5.75 Å². The number of hydrogen-bond donors (Lipinski definition) is 4.